The Kier molecular flexibility index (Phi) is 6.27. The van der Waals surface area contributed by atoms with Gasteiger partial charge < -0.3 is 23.6 Å². The van der Waals surface area contributed by atoms with Crippen LogP contribution in [-0.4, -0.2) is 67.0 Å². The highest BCUT2D eigenvalue weighted by molar-refractivity contribution is 6.32. The van der Waals surface area contributed by atoms with Gasteiger partial charge in [0, 0.05) is 24.9 Å². The molecule has 1 amide bonds. The molecule has 0 spiro atoms. The number of hydrogen-bond acceptors (Lipinski definition) is 7. The number of aromatic nitrogens is 2. The number of benzene rings is 1. The Morgan fingerprint density at radius 2 is 1.97 bits per heavy atom. The number of carbonyl (C=O) groups is 1. The summed E-state index contributed by atoms with van der Waals surface area (Å²) in [4.78, 5) is 18.6. The quantitative estimate of drug-likeness (QED) is 0.672. The first-order valence-corrected chi connectivity index (χ1v) is 10.7. The third-order valence-corrected chi connectivity index (χ3v) is 5.54. The van der Waals surface area contributed by atoms with E-state index in [1.54, 1.807) is 11.0 Å². The molecule has 3 atom stereocenters. The van der Waals surface area contributed by atoms with Gasteiger partial charge in [0.15, 0.2) is 0 Å². The van der Waals surface area contributed by atoms with Crippen molar-refractivity contribution >= 4 is 19.4 Å². The van der Waals surface area contributed by atoms with Crippen molar-refractivity contribution in [2.24, 2.45) is 11.8 Å². The normalized spacial score (nSPS) is 24.3. The first-order chi connectivity index (χ1) is 15.1. The molecule has 3 unspecified atom stereocenters. The molecule has 0 saturated carbocycles. The molecule has 3 heterocycles. The largest absolute Gasteiger partial charge is 0.444 e. The van der Waals surface area contributed by atoms with Gasteiger partial charge in [0.25, 0.3) is 5.89 Å². The molecule has 1 aromatic heterocycles. The van der Waals surface area contributed by atoms with Gasteiger partial charge in [-0.1, -0.05) is 16.7 Å². The summed E-state index contributed by atoms with van der Waals surface area (Å²) in [5.74, 6) is -0.142. The fourth-order valence-corrected chi connectivity index (χ4v) is 4.11. The molecular formula is C22H27BFN3O5. The Morgan fingerprint density at radius 3 is 2.59 bits per heavy atom. The smallest absolute Gasteiger partial charge is 0.410 e. The van der Waals surface area contributed by atoms with Crippen molar-refractivity contribution in [3.05, 3.63) is 29.9 Å². The van der Waals surface area contributed by atoms with Crippen molar-refractivity contribution in [1.29, 1.82) is 0 Å². The number of likely N-dealkylation sites (tertiary alicyclic amines) is 1. The van der Waals surface area contributed by atoms with Gasteiger partial charge in [-0.15, -0.1) is 0 Å². The van der Waals surface area contributed by atoms with Crippen molar-refractivity contribution in [3.8, 4) is 11.4 Å². The van der Waals surface area contributed by atoms with Crippen LogP contribution in [-0.2, 0) is 14.2 Å². The van der Waals surface area contributed by atoms with Crippen LogP contribution in [0.3, 0.4) is 0 Å². The monoisotopic (exact) mass is 443 g/mol. The fraction of sp³-hybridized carbons (Fsp3) is 0.591. The van der Waals surface area contributed by atoms with Crippen LogP contribution >= 0.6 is 0 Å². The first kappa shape index (κ1) is 22.7. The number of fused-ring (bicyclic) bond motifs is 2. The molecule has 0 aliphatic carbocycles. The summed E-state index contributed by atoms with van der Waals surface area (Å²) >= 11 is 0. The predicted octanol–water partition coefficient (Wildman–Crippen LogP) is 2.63. The molecule has 170 valence electrons. The summed E-state index contributed by atoms with van der Waals surface area (Å²) in [6.45, 7) is 9.29. The van der Waals surface area contributed by atoms with Crippen molar-refractivity contribution in [2.75, 3.05) is 26.3 Å². The number of carbonyl (C=O) groups excluding carboxylic acids is 1. The third-order valence-electron chi connectivity index (χ3n) is 5.54. The molecule has 10 heteroatoms. The van der Waals surface area contributed by atoms with E-state index in [1.807, 2.05) is 27.7 Å². The van der Waals surface area contributed by atoms with E-state index < -0.39 is 17.5 Å². The lowest BCUT2D eigenvalue weighted by molar-refractivity contribution is -0.168. The summed E-state index contributed by atoms with van der Waals surface area (Å²) in [6, 6.07) is 4.30. The summed E-state index contributed by atoms with van der Waals surface area (Å²) in [6.07, 6.45) is -0.969. The maximum atomic E-state index is 14.2. The number of amides is 1. The van der Waals surface area contributed by atoms with E-state index in [2.05, 4.69) is 10.1 Å². The second-order valence-electron chi connectivity index (χ2n) is 9.38. The zero-order valence-corrected chi connectivity index (χ0v) is 18.7. The highest BCUT2D eigenvalue weighted by Gasteiger charge is 2.44. The highest BCUT2D eigenvalue weighted by Crippen LogP contribution is 2.34. The van der Waals surface area contributed by atoms with Crippen LogP contribution < -0.4 is 5.46 Å². The minimum absolute atomic E-state index is 0.00518. The first-order valence-electron chi connectivity index (χ1n) is 10.7. The molecule has 2 aliphatic rings. The maximum absolute atomic E-state index is 14.2. The summed E-state index contributed by atoms with van der Waals surface area (Å²) < 4.78 is 37.1. The SMILES string of the molecule is [B]c1ccc(-c2noc(C(C)OC3C4COCC3CN(C(=O)OC(C)(C)C)C4)n2)c(F)c1. The number of rotatable bonds is 4. The predicted molar refractivity (Wildman–Crippen MR) is 114 cm³/mol. The molecular weight excluding hydrogens is 416 g/mol. The Morgan fingerprint density at radius 1 is 1.28 bits per heavy atom. The van der Waals surface area contributed by atoms with E-state index in [0.717, 1.165) is 0 Å². The Bertz CT molecular complexity index is 965. The molecule has 2 aliphatic heterocycles. The van der Waals surface area contributed by atoms with E-state index in [-0.39, 0.29) is 41.3 Å². The van der Waals surface area contributed by atoms with Gasteiger partial charge in [-0.05, 0) is 39.8 Å². The summed E-state index contributed by atoms with van der Waals surface area (Å²) in [5, 5.41) is 3.89. The van der Waals surface area contributed by atoms with Crippen molar-refractivity contribution in [2.45, 2.75) is 45.5 Å². The zero-order valence-electron chi connectivity index (χ0n) is 18.7. The number of halogens is 1. The molecule has 2 aromatic rings. The summed E-state index contributed by atoms with van der Waals surface area (Å²) in [7, 11) is 5.60. The number of piperidine rings is 1. The highest BCUT2D eigenvalue weighted by atomic mass is 19.1. The standard InChI is InChI=1S/C22H27BFN3O5/c1-12(20-25-19(26-32-20)16-6-5-15(23)7-17(16)24)30-18-13-8-27(9-14(18)11-29-10-13)21(28)31-22(2,3)4/h5-7,12-14,18H,8-11H2,1-4H3. The lowest BCUT2D eigenvalue weighted by Crippen LogP contribution is -2.58. The molecule has 32 heavy (non-hydrogen) atoms. The van der Waals surface area contributed by atoms with E-state index in [0.29, 0.717) is 31.8 Å². The van der Waals surface area contributed by atoms with Crippen LogP contribution in [0.5, 0.6) is 0 Å². The van der Waals surface area contributed by atoms with Crippen molar-refractivity contribution in [1.82, 2.24) is 15.0 Å². The number of nitrogens with zero attached hydrogens (tertiary/aromatic N) is 3. The van der Waals surface area contributed by atoms with E-state index >= 15 is 0 Å². The summed E-state index contributed by atoms with van der Waals surface area (Å²) in [5.41, 5.74) is -0.0278. The average Bonchev–Trinajstić information content (AvgIpc) is 3.16. The Labute approximate surface area is 187 Å². The Hall–Kier alpha value is -2.46. The Balaban J connectivity index is 1.43. The van der Waals surface area contributed by atoms with Gasteiger partial charge in [0.2, 0.25) is 5.82 Å². The zero-order chi connectivity index (χ0) is 23.0. The van der Waals surface area contributed by atoms with Gasteiger partial charge in [-0.2, -0.15) is 4.98 Å². The third kappa shape index (κ3) is 4.96. The molecule has 1 aromatic carbocycles. The van der Waals surface area contributed by atoms with Crippen molar-refractivity contribution in [3.63, 3.8) is 0 Å². The number of hydrogen-bond donors (Lipinski definition) is 0. The van der Waals surface area contributed by atoms with Crippen LogP contribution in [0.15, 0.2) is 22.7 Å². The second-order valence-corrected chi connectivity index (χ2v) is 9.38. The van der Waals surface area contributed by atoms with E-state index in [4.69, 9.17) is 26.6 Å². The number of ether oxygens (including phenoxy) is 3. The van der Waals surface area contributed by atoms with Crippen LogP contribution in [0.25, 0.3) is 11.4 Å². The molecule has 2 radical (unpaired) electrons. The topological polar surface area (TPSA) is 86.9 Å². The van der Waals surface area contributed by atoms with Gasteiger partial charge >= 0.3 is 6.09 Å². The van der Waals surface area contributed by atoms with Crippen LogP contribution in [0.4, 0.5) is 9.18 Å². The molecule has 2 fully saturated rings. The lowest BCUT2D eigenvalue weighted by atomic mass is 9.84. The molecule has 0 N–H and O–H groups in total. The molecule has 2 saturated heterocycles. The van der Waals surface area contributed by atoms with Gasteiger partial charge in [0.1, 0.15) is 25.4 Å². The molecule has 2 bridgehead atoms. The van der Waals surface area contributed by atoms with Crippen LogP contribution in [0.2, 0.25) is 0 Å². The fourth-order valence-electron chi connectivity index (χ4n) is 4.11. The van der Waals surface area contributed by atoms with Crippen LogP contribution in [0, 0.1) is 17.7 Å². The minimum Gasteiger partial charge on any atom is -0.444 e. The maximum Gasteiger partial charge on any atom is 0.410 e. The second kappa shape index (κ2) is 8.82. The van der Waals surface area contributed by atoms with E-state index in [9.17, 15) is 9.18 Å². The average molecular weight is 443 g/mol. The van der Waals surface area contributed by atoms with Gasteiger partial charge in [0.05, 0.1) is 24.9 Å². The van der Waals surface area contributed by atoms with Gasteiger partial charge in [-0.3, -0.25) is 0 Å². The molecule has 8 nitrogen and oxygen atoms in total. The lowest BCUT2D eigenvalue weighted by Gasteiger charge is -2.47. The van der Waals surface area contributed by atoms with Gasteiger partial charge in [-0.25, -0.2) is 9.18 Å². The minimum atomic E-state index is -0.551. The molecule has 4 rings (SSSR count). The van der Waals surface area contributed by atoms with E-state index in [1.165, 1.54) is 12.1 Å². The van der Waals surface area contributed by atoms with Crippen LogP contribution in [0.1, 0.15) is 39.7 Å². The van der Waals surface area contributed by atoms with Crippen molar-refractivity contribution < 1.29 is 27.9 Å².